The molecule has 0 aromatic heterocycles. The monoisotopic (exact) mass is 362 g/mol. The summed E-state index contributed by atoms with van der Waals surface area (Å²) < 4.78 is 11.2. The largest absolute Gasteiger partial charge is 0.489 e. The second-order valence-corrected chi connectivity index (χ2v) is 6.36. The van der Waals surface area contributed by atoms with E-state index in [9.17, 15) is 10.1 Å². The van der Waals surface area contributed by atoms with Crippen molar-refractivity contribution in [1.29, 1.82) is 5.26 Å². The van der Waals surface area contributed by atoms with E-state index >= 15 is 0 Å². The lowest BCUT2D eigenvalue weighted by molar-refractivity contribution is -0.117. The van der Waals surface area contributed by atoms with E-state index in [2.05, 4.69) is 5.32 Å². The van der Waals surface area contributed by atoms with E-state index in [1.807, 2.05) is 60.7 Å². The summed E-state index contributed by atoms with van der Waals surface area (Å²) in [6.45, 7) is 1.66. The summed E-state index contributed by atoms with van der Waals surface area (Å²) in [5.74, 6) is 0.356. The molecule has 5 nitrogen and oxygen atoms in total. The highest BCUT2D eigenvalue weighted by molar-refractivity contribution is 6.01. The molecule has 0 unspecified atom stereocenters. The second kappa shape index (κ2) is 9.56. The average molecular weight is 362 g/mol. The molecule has 1 aliphatic heterocycles. The summed E-state index contributed by atoms with van der Waals surface area (Å²) >= 11 is 0. The van der Waals surface area contributed by atoms with Gasteiger partial charge in [0, 0.05) is 13.2 Å². The first kappa shape index (κ1) is 18.7. The van der Waals surface area contributed by atoms with Gasteiger partial charge in [0.05, 0.1) is 6.10 Å². The number of carbonyl (C=O) groups excluding carboxylic acids is 1. The van der Waals surface area contributed by atoms with Gasteiger partial charge < -0.3 is 14.8 Å². The lowest BCUT2D eigenvalue weighted by atomic mass is 10.1. The van der Waals surface area contributed by atoms with Crippen LogP contribution >= 0.6 is 0 Å². The van der Waals surface area contributed by atoms with E-state index in [4.69, 9.17) is 9.47 Å². The van der Waals surface area contributed by atoms with Crippen molar-refractivity contribution >= 4 is 12.0 Å². The van der Waals surface area contributed by atoms with Crippen LogP contribution in [0.2, 0.25) is 0 Å². The number of nitrogens with zero attached hydrogens (tertiary/aromatic N) is 1. The van der Waals surface area contributed by atoms with Crippen molar-refractivity contribution in [3.63, 3.8) is 0 Å². The van der Waals surface area contributed by atoms with E-state index in [-0.39, 0.29) is 17.6 Å². The van der Waals surface area contributed by atoms with Gasteiger partial charge in [0.25, 0.3) is 5.91 Å². The Morgan fingerprint density at radius 2 is 2.00 bits per heavy atom. The van der Waals surface area contributed by atoms with E-state index < -0.39 is 0 Å². The van der Waals surface area contributed by atoms with Crippen molar-refractivity contribution in [3.05, 3.63) is 71.3 Å². The second-order valence-electron chi connectivity index (χ2n) is 6.36. The highest BCUT2D eigenvalue weighted by atomic mass is 16.5. The summed E-state index contributed by atoms with van der Waals surface area (Å²) in [5, 5.41) is 12.0. The van der Waals surface area contributed by atoms with Gasteiger partial charge in [0.1, 0.15) is 24.0 Å². The Kier molecular flexibility index (Phi) is 6.61. The predicted molar refractivity (Wildman–Crippen MR) is 103 cm³/mol. The van der Waals surface area contributed by atoms with Crippen LogP contribution in [0, 0.1) is 11.3 Å². The maximum atomic E-state index is 12.2. The van der Waals surface area contributed by atoms with Gasteiger partial charge in [0.15, 0.2) is 0 Å². The van der Waals surface area contributed by atoms with Crippen LogP contribution in [0.4, 0.5) is 0 Å². The molecule has 1 aliphatic rings. The maximum Gasteiger partial charge on any atom is 0.262 e. The molecule has 0 bridgehead atoms. The molecule has 2 aromatic rings. The fourth-order valence-electron chi connectivity index (χ4n) is 2.82. The first-order valence-electron chi connectivity index (χ1n) is 9.03. The summed E-state index contributed by atoms with van der Waals surface area (Å²) in [6, 6.07) is 19.2. The van der Waals surface area contributed by atoms with Crippen molar-refractivity contribution < 1.29 is 14.3 Å². The third-order valence-electron chi connectivity index (χ3n) is 4.32. The summed E-state index contributed by atoms with van der Waals surface area (Å²) in [4.78, 5) is 12.2. The molecule has 1 saturated heterocycles. The Hall–Kier alpha value is -3.10. The van der Waals surface area contributed by atoms with Gasteiger partial charge in [0.2, 0.25) is 0 Å². The van der Waals surface area contributed by atoms with Crippen molar-refractivity contribution in [2.75, 3.05) is 13.2 Å². The number of nitriles is 1. The minimum Gasteiger partial charge on any atom is -0.489 e. The van der Waals surface area contributed by atoms with E-state index in [1.54, 1.807) is 6.08 Å². The normalized spacial score (nSPS) is 16.6. The number of ether oxygens (including phenoxy) is 2. The van der Waals surface area contributed by atoms with Crippen LogP contribution in [0.3, 0.4) is 0 Å². The number of hydrogen-bond donors (Lipinski definition) is 1. The molecule has 1 atom stereocenters. The molecule has 138 valence electrons. The van der Waals surface area contributed by atoms with Crippen LogP contribution in [0.25, 0.3) is 6.08 Å². The van der Waals surface area contributed by atoms with Crippen LogP contribution in [-0.2, 0) is 16.1 Å². The van der Waals surface area contributed by atoms with Crippen LogP contribution in [0.5, 0.6) is 5.75 Å². The minimum atomic E-state index is -0.377. The van der Waals surface area contributed by atoms with E-state index in [1.165, 1.54) is 0 Å². The van der Waals surface area contributed by atoms with Gasteiger partial charge in [-0.25, -0.2) is 0 Å². The lowest BCUT2D eigenvalue weighted by Crippen LogP contribution is -2.32. The zero-order valence-corrected chi connectivity index (χ0v) is 15.1. The lowest BCUT2D eigenvalue weighted by Gasteiger charge is -2.10. The molecular weight excluding hydrogens is 340 g/mol. The van der Waals surface area contributed by atoms with Gasteiger partial charge >= 0.3 is 0 Å². The zero-order chi connectivity index (χ0) is 18.9. The van der Waals surface area contributed by atoms with Crippen LogP contribution < -0.4 is 10.1 Å². The van der Waals surface area contributed by atoms with Gasteiger partial charge in [-0.15, -0.1) is 0 Å². The summed E-state index contributed by atoms with van der Waals surface area (Å²) in [7, 11) is 0. The third kappa shape index (κ3) is 5.70. The number of carbonyl (C=O) groups is 1. The fraction of sp³-hybridized carbons (Fsp3) is 0.273. The molecule has 1 heterocycles. The quantitative estimate of drug-likeness (QED) is 0.605. The number of rotatable bonds is 7. The predicted octanol–water partition coefficient (Wildman–Crippen LogP) is 3.47. The number of nitrogens with one attached hydrogen (secondary N) is 1. The van der Waals surface area contributed by atoms with Crippen molar-refractivity contribution in [3.8, 4) is 11.8 Å². The average Bonchev–Trinajstić information content (AvgIpc) is 3.24. The van der Waals surface area contributed by atoms with Crippen LogP contribution in [0.1, 0.15) is 24.0 Å². The Labute approximate surface area is 159 Å². The summed E-state index contributed by atoms with van der Waals surface area (Å²) in [5.41, 5.74) is 1.94. The molecule has 0 aliphatic carbocycles. The van der Waals surface area contributed by atoms with Gasteiger partial charge in [-0.05, 0) is 42.2 Å². The first-order valence-corrected chi connectivity index (χ1v) is 9.03. The highest BCUT2D eigenvalue weighted by Gasteiger charge is 2.17. The molecular formula is C22H22N2O3. The van der Waals surface area contributed by atoms with Crippen molar-refractivity contribution in [2.24, 2.45) is 0 Å². The SMILES string of the molecule is N#C/C(=C\c1ccc(OCc2ccccc2)cc1)C(=O)NC[C@@H]1CCCO1. The minimum absolute atomic E-state index is 0.0509. The molecule has 3 rings (SSSR count). The Balaban J connectivity index is 1.55. The zero-order valence-electron chi connectivity index (χ0n) is 15.1. The molecule has 1 N–H and O–H groups in total. The summed E-state index contributed by atoms with van der Waals surface area (Å²) in [6.07, 6.45) is 3.58. The van der Waals surface area contributed by atoms with Crippen LogP contribution in [-0.4, -0.2) is 25.2 Å². The molecule has 1 amide bonds. The Bertz CT molecular complexity index is 817. The number of benzene rings is 2. The van der Waals surface area contributed by atoms with Crippen molar-refractivity contribution in [2.45, 2.75) is 25.6 Å². The number of hydrogen-bond acceptors (Lipinski definition) is 4. The molecule has 2 aromatic carbocycles. The maximum absolute atomic E-state index is 12.2. The standard InChI is InChI=1S/C22H22N2O3/c23-14-19(22(25)24-15-21-7-4-12-26-21)13-17-8-10-20(11-9-17)27-16-18-5-2-1-3-6-18/h1-3,5-6,8-11,13,21H,4,7,12,15-16H2,(H,24,25)/b19-13+/t21-/m0/s1. The fourth-order valence-corrected chi connectivity index (χ4v) is 2.82. The van der Waals surface area contributed by atoms with Gasteiger partial charge in [-0.2, -0.15) is 5.26 Å². The Morgan fingerprint density at radius 3 is 2.67 bits per heavy atom. The smallest absolute Gasteiger partial charge is 0.262 e. The molecule has 1 fully saturated rings. The van der Waals surface area contributed by atoms with Crippen LogP contribution in [0.15, 0.2) is 60.2 Å². The van der Waals surface area contributed by atoms with E-state index in [0.717, 1.165) is 36.3 Å². The molecule has 27 heavy (non-hydrogen) atoms. The topological polar surface area (TPSA) is 71.3 Å². The third-order valence-corrected chi connectivity index (χ3v) is 4.32. The van der Waals surface area contributed by atoms with Crippen molar-refractivity contribution in [1.82, 2.24) is 5.32 Å². The van der Waals surface area contributed by atoms with Gasteiger partial charge in [-0.3, -0.25) is 4.79 Å². The number of amides is 1. The highest BCUT2D eigenvalue weighted by Crippen LogP contribution is 2.16. The molecule has 0 spiro atoms. The van der Waals surface area contributed by atoms with E-state index in [0.29, 0.717) is 13.2 Å². The first-order chi connectivity index (χ1) is 13.2. The molecule has 0 radical (unpaired) electrons. The molecule has 5 heteroatoms. The molecule has 0 saturated carbocycles. The van der Waals surface area contributed by atoms with Gasteiger partial charge in [-0.1, -0.05) is 42.5 Å². The Morgan fingerprint density at radius 1 is 1.22 bits per heavy atom.